The maximum absolute atomic E-state index is 11.4. The number of amides is 1. The van der Waals surface area contributed by atoms with Gasteiger partial charge in [-0.3, -0.25) is 4.79 Å². The molecule has 15 heavy (non-hydrogen) atoms. The quantitative estimate of drug-likeness (QED) is 0.633. The van der Waals surface area contributed by atoms with E-state index < -0.39 is 0 Å². The van der Waals surface area contributed by atoms with Gasteiger partial charge in [0.1, 0.15) is 5.75 Å². The third-order valence-corrected chi connectivity index (χ3v) is 2.51. The van der Waals surface area contributed by atoms with Crippen molar-refractivity contribution in [2.75, 3.05) is 16.8 Å². The standard InChI is InChI=1S/C11H14N2O2/c1-7-6-13(8(2)14)11-5-9(15)3-4-10(11)12-7/h3-5,7,12,15H,6H2,1-2H3/t7-/m0/s1. The van der Waals surface area contributed by atoms with Crippen LogP contribution in [0.3, 0.4) is 0 Å². The van der Waals surface area contributed by atoms with Crippen molar-refractivity contribution >= 4 is 17.3 Å². The van der Waals surface area contributed by atoms with Crippen molar-refractivity contribution < 1.29 is 9.90 Å². The van der Waals surface area contributed by atoms with Crippen LogP contribution in [0, 0.1) is 0 Å². The Hall–Kier alpha value is -1.71. The molecule has 2 N–H and O–H groups in total. The minimum Gasteiger partial charge on any atom is -0.508 e. The number of fused-ring (bicyclic) bond motifs is 1. The Labute approximate surface area is 88.5 Å². The zero-order chi connectivity index (χ0) is 11.0. The van der Waals surface area contributed by atoms with Crippen LogP contribution in [0.4, 0.5) is 11.4 Å². The van der Waals surface area contributed by atoms with Gasteiger partial charge >= 0.3 is 0 Å². The number of aromatic hydroxyl groups is 1. The highest BCUT2D eigenvalue weighted by molar-refractivity contribution is 5.96. The molecule has 1 aliphatic rings. The van der Waals surface area contributed by atoms with Gasteiger partial charge in [0.2, 0.25) is 5.91 Å². The van der Waals surface area contributed by atoms with Gasteiger partial charge in [0.15, 0.2) is 0 Å². The van der Waals surface area contributed by atoms with E-state index in [-0.39, 0.29) is 17.7 Å². The van der Waals surface area contributed by atoms with Crippen molar-refractivity contribution in [2.24, 2.45) is 0 Å². The van der Waals surface area contributed by atoms with Gasteiger partial charge < -0.3 is 15.3 Å². The zero-order valence-corrected chi connectivity index (χ0v) is 8.82. The monoisotopic (exact) mass is 206 g/mol. The van der Waals surface area contributed by atoms with Crippen molar-refractivity contribution in [3.63, 3.8) is 0 Å². The lowest BCUT2D eigenvalue weighted by atomic mass is 10.1. The van der Waals surface area contributed by atoms with E-state index in [0.29, 0.717) is 6.54 Å². The number of benzene rings is 1. The minimum atomic E-state index is -0.00444. The Bertz CT molecular complexity index is 404. The maximum atomic E-state index is 11.4. The summed E-state index contributed by atoms with van der Waals surface area (Å²) in [5.41, 5.74) is 1.64. The molecule has 0 aromatic heterocycles. The molecule has 1 amide bonds. The second-order valence-corrected chi connectivity index (χ2v) is 3.88. The highest BCUT2D eigenvalue weighted by Crippen LogP contribution is 2.33. The molecule has 0 radical (unpaired) electrons. The fraction of sp³-hybridized carbons (Fsp3) is 0.364. The molecular formula is C11H14N2O2. The first-order valence-electron chi connectivity index (χ1n) is 4.95. The summed E-state index contributed by atoms with van der Waals surface area (Å²) in [6.45, 7) is 4.18. The molecular weight excluding hydrogens is 192 g/mol. The number of phenolic OH excluding ortho intramolecular Hbond substituents is 1. The SMILES string of the molecule is CC(=O)N1C[C@H](C)Nc2ccc(O)cc21. The predicted molar refractivity (Wildman–Crippen MR) is 59.2 cm³/mol. The van der Waals surface area contributed by atoms with Crippen LogP contribution in [0.1, 0.15) is 13.8 Å². The number of nitrogens with one attached hydrogen (secondary N) is 1. The Balaban J connectivity index is 2.47. The van der Waals surface area contributed by atoms with E-state index in [9.17, 15) is 9.90 Å². The molecule has 4 nitrogen and oxygen atoms in total. The van der Waals surface area contributed by atoms with Crippen molar-refractivity contribution in [2.45, 2.75) is 19.9 Å². The van der Waals surface area contributed by atoms with Gasteiger partial charge in [-0.2, -0.15) is 0 Å². The number of phenols is 1. The molecule has 0 spiro atoms. The van der Waals surface area contributed by atoms with Crippen LogP contribution in [-0.4, -0.2) is 23.6 Å². The van der Waals surface area contributed by atoms with E-state index in [1.165, 1.54) is 6.92 Å². The van der Waals surface area contributed by atoms with Crippen molar-refractivity contribution in [3.05, 3.63) is 18.2 Å². The summed E-state index contributed by atoms with van der Waals surface area (Å²) in [4.78, 5) is 13.1. The summed E-state index contributed by atoms with van der Waals surface area (Å²) in [7, 11) is 0. The first-order chi connectivity index (χ1) is 7.08. The van der Waals surface area contributed by atoms with Crippen LogP contribution in [0.2, 0.25) is 0 Å². The van der Waals surface area contributed by atoms with Crippen molar-refractivity contribution in [3.8, 4) is 5.75 Å². The average molecular weight is 206 g/mol. The highest BCUT2D eigenvalue weighted by atomic mass is 16.3. The molecule has 4 heteroatoms. The second kappa shape index (κ2) is 3.46. The fourth-order valence-corrected chi connectivity index (χ4v) is 1.85. The summed E-state index contributed by atoms with van der Waals surface area (Å²) in [5.74, 6) is 0.173. The van der Waals surface area contributed by atoms with E-state index >= 15 is 0 Å². The van der Waals surface area contributed by atoms with Gasteiger partial charge in [0.05, 0.1) is 11.4 Å². The van der Waals surface area contributed by atoms with Crippen LogP contribution >= 0.6 is 0 Å². The molecule has 2 rings (SSSR count). The lowest BCUT2D eigenvalue weighted by Crippen LogP contribution is -2.42. The summed E-state index contributed by atoms with van der Waals surface area (Å²) in [6.07, 6.45) is 0. The summed E-state index contributed by atoms with van der Waals surface area (Å²) in [6, 6.07) is 5.24. The van der Waals surface area contributed by atoms with E-state index in [4.69, 9.17) is 0 Å². The first-order valence-corrected chi connectivity index (χ1v) is 4.95. The number of carbonyl (C=O) groups is 1. The van der Waals surface area contributed by atoms with E-state index in [1.54, 1.807) is 23.1 Å². The van der Waals surface area contributed by atoms with Gasteiger partial charge in [-0.25, -0.2) is 0 Å². The van der Waals surface area contributed by atoms with Gasteiger partial charge in [-0.1, -0.05) is 0 Å². The van der Waals surface area contributed by atoms with Crippen LogP contribution in [-0.2, 0) is 4.79 Å². The predicted octanol–water partition coefficient (Wildman–Crippen LogP) is 1.56. The van der Waals surface area contributed by atoms with Crippen molar-refractivity contribution in [1.82, 2.24) is 0 Å². The molecule has 0 saturated carbocycles. The second-order valence-electron chi connectivity index (χ2n) is 3.88. The molecule has 1 aliphatic heterocycles. The van der Waals surface area contributed by atoms with E-state index in [1.807, 2.05) is 6.92 Å². The molecule has 1 aromatic carbocycles. The molecule has 0 fully saturated rings. The number of nitrogens with zero attached hydrogens (tertiary/aromatic N) is 1. The van der Waals surface area contributed by atoms with Gasteiger partial charge in [0.25, 0.3) is 0 Å². The highest BCUT2D eigenvalue weighted by Gasteiger charge is 2.23. The third-order valence-electron chi connectivity index (χ3n) is 2.51. The largest absolute Gasteiger partial charge is 0.508 e. The lowest BCUT2D eigenvalue weighted by molar-refractivity contribution is -0.116. The smallest absolute Gasteiger partial charge is 0.223 e. The topological polar surface area (TPSA) is 52.6 Å². The fourth-order valence-electron chi connectivity index (χ4n) is 1.85. The minimum absolute atomic E-state index is 0.00444. The molecule has 1 heterocycles. The normalized spacial score (nSPS) is 19.3. The molecule has 1 atom stereocenters. The van der Waals surface area contributed by atoms with E-state index in [0.717, 1.165) is 11.4 Å². The molecule has 0 aliphatic carbocycles. The third kappa shape index (κ3) is 1.75. The lowest BCUT2D eigenvalue weighted by Gasteiger charge is -2.33. The summed E-state index contributed by atoms with van der Waals surface area (Å²) in [5, 5.41) is 12.7. The van der Waals surface area contributed by atoms with Crippen LogP contribution in [0.5, 0.6) is 5.75 Å². The average Bonchev–Trinajstić information content (AvgIpc) is 2.17. The number of carbonyl (C=O) groups excluding carboxylic acids is 1. The van der Waals surface area contributed by atoms with Crippen LogP contribution in [0.25, 0.3) is 0 Å². The van der Waals surface area contributed by atoms with Crippen LogP contribution < -0.4 is 10.2 Å². The van der Waals surface area contributed by atoms with Gasteiger partial charge in [0, 0.05) is 25.6 Å². The first kappa shape index (κ1) is 9.83. The molecule has 0 bridgehead atoms. The Morgan fingerprint density at radius 1 is 1.60 bits per heavy atom. The Morgan fingerprint density at radius 2 is 2.33 bits per heavy atom. The molecule has 80 valence electrons. The number of hydrogen-bond donors (Lipinski definition) is 2. The van der Waals surface area contributed by atoms with Gasteiger partial charge in [-0.15, -0.1) is 0 Å². The molecule has 0 unspecified atom stereocenters. The number of hydrogen-bond acceptors (Lipinski definition) is 3. The number of rotatable bonds is 0. The Morgan fingerprint density at radius 3 is 3.00 bits per heavy atom. The maximum Gasteiger partial charge on any atom is 0.223 e. The van der Waals surface area contributed by atoms with Crippen LogP contribution in [0.15, 0.2) is 18.2 Å². The summed E-state index contributed by atoms with van der Waals surface area (Å²) < 4.78 is 0. The zero-order valence-electron chi connectivity index (χ0n) is 8.82. The van der Waals surface area contributed by atoms with Gasteiger partial charge in [-0.05, 0) is 19.1 Å². The van der Waals surface area contributed by atoms with Crippen molar-refractivity contribution in [1.29, 1.82) is 0 Å². The molecule has 0 saturated heterocycles. The van der Waals surface area contributed by atoms with E-state index in [2.05, 4.69) is 5.32 Å². The Kier molecular flexibility index (Phi) is 2.26. The molecule has 1 aromatic rings. The summed E-state index contributed by atoms with van der Waals surface area (Å²) >= 11 is 0. The number of anilines is 2.